The molecule has 1 fully saturated rings. The highest BCUT2D eigenvalue weighted by atomic mass is 32.1. The number of aliphatic imine (C=N–C) groups is 1. The van der Waals surface area contributed by atoms with Crippen molar-refractivity contribution in [1.82, 2.24) is 15.2 Å². The summed E-state index contributed by atoms with van der Waals surface area (Å²) in [6, 6.07) is 10.9. The van der Waals surface area contributed by atoms with Crippen LogP contribution in [0, 0.1) is 0 Å². The first-order valence-electron chi connectivity index (χ1n) is 9.77. The van der Waals surface area contributed by atoms with Crippen molar-refractivity contribution in [3.63, 3.8) is 0 Å². The van der Waals surface area contributed by atoms with Crippen LogP contribution in [-0.2, 0) is 16.8 Å². The van der Waals surface area contributed by atoms with Crippen molar-refractivity contribution in [2.24, 2.45) is 4.99 Å². The van der Waals surface area contributed by atoms with Gasteiger partial charge in [-0.15, -0.1) is 11.3 Å². The van der Waals surface area contributed by atoms with E-state index in [1.54, 1.807) is 48.0 Å². The molecular weight excluding hydrogens is 398 g/mol. The number of ketones is 1. The van der Waals surface area contributed by atoms with E-state index in [1.807, 2.05) is 12.1 Å². The average molecular weight is 417 g/mol. The smallest absolute Gasteiger partial charge is 0.257 e. The number of allylic oxidation sites excluding steroid dienone is 1. The Morgan fingerprint density at radius 1 is 1.23 bits per heavy atom. The Morgan fingerprint density at radius 2 is 2.07 bits per heavy atom. The highest BCUT2D eigenvalue weighted by molar-refractivity contribution is 7.14. The van der Waals surface area contributed by atoms with Crippen molar-refractivity contribution < 1.29 is 9.59 Å². The number of benzene rings is 1. The maximum atomic E-state index is 13.2. The number of H-pyrrole nitrogens is 1. The summed E-state index contributed by atoms with van der Waals surface area (Å²) in [5, 5.41) is 12.5. The molecule has 1 amide bonds. The number of amides is 1. The molecule has 2 aliphatic rings. The van der Waals surface area contributed by atoms with Crippen molar-refractivity contribution in [2.45, 2.75) is 30.7 Å². The number of aromatic nitrogens is 3. The van der Waals surface area contributed by atoms with Crippen LogP contribution in [0.4, 0.5) is 5.13 Å². The molecule has 3 aromatic rings. The second-order valence-corrected chi connectivity index (χ2v) is 8.31. The zero-order chi connectivity index (χ0) is 20.6. The van der Waals surface area contributed by atoms with Gasteiger partial charge in [0.15, 0.2) is 16.5 Å². The first kappa shape index (κ1) is 18.6. The minimum Gasteiger partial charge on any atom is -0.298 e. The first-order valence-corrected chi connectivity index (χ1v) is 10.6. The average Bonchev–Trinajstić information content (AvgIpc) is 3.14. The van der Waals surface area contributed by atoms with Gasteiger partial charge in [-0.25, -0.2) is 4.98 Å². The molecule has 2 aromatic heterocycles. The molecule has 8 heteroatoms. The maximum absolute atomic E-state index is 13.2. The predicted octanol–water partition coefficient (Wildman–Crippen LogP) is 3.64. The summed E-state index contributed by atoms with van der Waals surface area (Å²) in [5.41, 5.74) is 1.72. The van der Waals surface area contributed by atoms with Gasteiger partial charge in [-0.1, -0.05) is 18.2 Å². The van der Waals surface area contributed by atoms with Gasteiger partial charge >= 0.3 is 0 Å². The molecule has 0 bridgehead atoms. The number of aromatic amines is 1. The molecule has 5 rings (SSSR count). The van der Waals surface area contributed by atoms with Crippen molar-refractivity contribution in [3.8, 4) is 0 Å². The van der Waals surface area contributed by atoms with Crippen LogP contribution in [0.5, 0.6) is 0 Å². The van der Waals surface area contributed by atoms with Crippen molar-refractivity contribution in [3.05, 3.63) is 76.6 Å². The zero-order valence-corrected chi connectivity index (χ0v) is 16.9. The van der Waals surface area contributed by atoms with Crippen LogP contribution in [0.1, 0.15) is 46.2 Å². The van der Waals surface area contributed by atoms with E-state index in [2.05, 4.69) is 25.5 Å². The minimum atomic E-state index is -1.11. The quantitative estimate of drug-likeness (QED) is 0.613. The van der Waals surface area contributed by atoms with Gasteiger partial charge in [0, 0.05) is 28.8 Å². The molecule has 1 atom stereocenters. The van der Waals surface area contributed by atoms with Crippen LogP contribution in [0.2, 0.25) is 0 Å². The fourth-order valence-electron chi connectivity index (χ4n) is 3.48. The molecule has 30 heavy (non-hydrogen) atoms. The Kier molecular flexibility index (Phi) is 4.63. The Balaban J connectivity index is 1.31. The van der Waals surface area contributed by atoms with E-state index in [1.165, 1.54) is 11.3 Å². The molecule has 1 saturated carbocycles. The van der Waals surface area contributed by atoms with Gasteiger partial charge in [-0.3, -0.25) is 25.0 Å². The first-order chi connectivity index (χ1) is 14.6. The summed E-state index contributed by atoms with van der Waals surface area (Å²) >= 11 is 1.29. The molecule has 1 aliphatic heterocycles. The van der Waals surface area contributed by atoms with Gasteiger partial charge < -0.3 is 0 Å². The molecule has 7 nitrogen and oxygen atoms in total. The number of carbonyl (C=O) groups excluding carboxylic acids is 2. The number of Topliss-reactive ketones (excluding diaryl/α,β-unsaturated/α-hetero) is 1. The second kappa shape index (κ2) is 7.46. The van der Waals surface area contributed by atoms with E-state index in [0.29, 0.717) is 28.0 Å². The Hall–Kier alpha value is -3.39. The SMILES string of the molecule is O=C(Nc1nc(CC(=O)C2(c3cc(C4CC4)[nH]n3)C=CC=N2)cs1)c1ccccc1. The number of hydrogen-bond donors (Lipinski definition) is 2. The maximum Gasteiger partial charge on any atom is 0.257 e. The van der Waals surface area contributed by atoms with E-state index in [4.69, 9.17) is 0 Å². The van der Waals surface area contributed by atoms with Crippen LogP contribution in [0.3, 0.4) is 0 Å². The Morgan fingerprint density at radius 3 is 2.80 bits per heavy atom. The summed E-state index contributed by atoms with van der Waals surface area (Å²) in [6.07, 6.45) is 7.60. The number of carbonyl (C=O) groups is 2. The van der Waals surface area contributed by atoms with Gasteiger partial charge in [0.2, 0.25) is 0 Å². The third kappa shape index (κ3) is 3.50. The standard InChI is InChI=1S/C22H19N5O2S/c28-19(22(9-4-10-23-22)18-12-17(26-27-18)14-7-8-14)11-16-13-30-21(24-16)25-20(29)15-5-2-1-3-6-15/h1-6,9-10,12-14H,7-8,11H2,(H,26,27)(H,24,25,29). The monoisotopic (exact) mass is 417 g/mol. The molecular formula is C22H19N5O2S. The topological polar surface area (TPSA) is 100 Å². The summed E-state index contributed by atoms with van der Waals surface area (Å²) in [7, 11) is 0. The molecule has 3 heterocycles. The molecule has 0 spiro atoms. The largest absolute Gasteiger partial charge is 0.298 e. The van der Waals surface area contributed by atoms with E-state index in [0.717, 1.165) is 18.5 Å². The Bertz CT molecular complexity index is 1150. The number of thiazole rings is 1. The summed E-state index contributed by atoms with van der Waals surface area (Å²) < 4.78 is 0. The van der Waals surface area contributed by atoms with Crippen LogP contribution >= 0.6 is 11.3 Å². The van der Waals surface area contributed by atoms with Gasteiger partial charge in [-0.2, -0.15) is 5.10 Å². The number of nitrogens with zero attached hydrogens (tertiary/aromatic N) is 3. The number of hydrogen-bond acceptors (Lipinski definition) is 6. The van der Waals surface area contributed by atoms with Crippen molar-refractivity contribution in [2.75, 3.05) is 5.32 Å². The second-order valence-electron chi connectivity index (χ2n) is 7.45. The number of nitrogens with one attached hydrogen (secondary N) is 2. The van der Waals surface area contributed by atoms with Gasteiger partial charge in [0.25, 0.3) is 5.91 Å². The predicted molar refractivity (Wildman–Crippen MR) is 115 cm³/mol. The van der Waals surface area contributed by atoms with E-state index in [-0.39, 0.29) is 18.1 Å². The normalized spacial score (nSPS) is 19.9. The van der Waals surface area contributed by atoms with Crippen LogP contribution < -0.4 is 5.32 Å². The van der Waals surface area contributed by atoms with Crippen LogP contribution in [0.15, 0.2) is 58.9 Å². The number of rotatable bonds is 7. The third-order valence-corrected chi connectivity index (χ3v) is 6.09. The van der Waals surface area contributed by atoms with Crippen LogP contribution in [0.25, 0.3) is 0 Å². The lowest BCUT2D eigenvalue weighted by molar-refractivity contribution is -0.122. The highest BCUT2D eigenvalue weighted by Crippen LogP contribution is 2.41. The fourth-order valence-corrected chi connectivity index (χ4v) is 4.19. The zero-order valence-electron chi connectivity index (χ0n) is 16.0. The molecule has 2 N–H and O–H groups in total. The fraction of sp³-hybridized carbons (Fsp3) is 0.227. The summed E-state index contributed by atoms with van der Waals surface area (Å²) in [4.78, 5) is 34.4. The highest BCUT2D eigenvalue weighted by Gasteiger charge is 2.41. The Labute approximate surface area is 177 Å². The molecule has 0 radical (unpaired) electrons. The molecule has 150 valence electrons. The number of anilines is 1. The van der Waals surface area contributed by atoms with Crippen molar-refractivity contribution >= 4 is 34.4 Å². The summed E-state index contributed by atoms with van der Waals surface area (Å²) in [6.45, 7) is 0. The van der Waals surface area contributed by atoms with Gasteiger partial charge in [0.1, 0.15) is 5.69 Å². The molecule has 0 saturated heterocycles. The van der Waals surface area contributed by atoms with Gasteiger partial charge in [-0.05, 0) is 43.2 Å². The minimum absolute atomic E-state index is 0.102. The van der Waals surface area contributed by atoms with Gasteiger partial charge in [0.05, 0.1) is 12.1 Å². The summed E-state index contributed by atoms with van der Waals surface area (Å²) in [5.74, 6) is 0.182. The lowest BCUT2D eigenvalue weighted by Crippen LogP contribution is -2.32. The molecule has 1 aliphatic carbocycles. The van der Waals surface area contributed by atoms with E-state index >= 15 is 0 Å². The van der Waals surface area contributed by atoms with Crippen molar-refractivity contribution in [1.29, 1.82) is 0 Å². The third-order valence-electron chi connectivity index (χ3n) is 5.28. The van der Waals surface area contributed by atoms with E-state index in [9.17, 15) is 9.59 Å². The molecule has 1 aromatic carbocycles. The van der Waals surface area contributed by atoms with Crippen LogP contribution in [-0.4, -0.2) is 33.1 Å². The lowest BCUT2D eigenvalue weighted by Gasteiger charge is -2.19. The lowest BCUT2D eigenvalue weighted by atomic mass is 9.88. The molecule has 1 unspecified atom stereocenters. The van der Waals surface area contributed by atoms with E-state index < -0.39 is 5.54 Å².